The molecule has 0 radical (unpaired) electrons. The monoisotopic (exact) mass is 295 g/mol. The molecule has 4 nitrogen and oxygen atoms in total. The second-order valence-electron chi connectivity index (χ2n) is 6.46. The van der Waals surface area contributed by atoms with Crippen molar-refractivity contribution in [3.8, 4) is 0 Å². The van der Waals surface area contributed by atoms with Gasteiger partial charge < -0.3 is 14.4 Å². The maximum atomic E-state index is 12.0. The second kappa shape index (κ2) is 8.11. The smallest absolute Gasteiger partial charge is 0.410 e. The zero-order valence-electron chi connectivity index (χ0n) is 13.9. The molecule has 0 spiro atoms. The van der Waals surface area contributed by atoms with Gasteiger partial charge in [0.15, 0.2) is 0 Å². The molecule has 1 amide bonds. The Morgan fingerprint density at radius 1 is 1.43 bits per heavy atom. The molecule has 0 bridgehead atoms. The van der Waals surface area contributed by atoms with Gasteiger partial charge in [-0.15, -0.1) is 0 Å². The van der Waals surface area contributed by atoms with E-state index in [2.05, 4.69) is 19.6 Å². The predicted molar refractivity (Wildman–Crippen MR) is 85.1 cm³/mol. The summed E-state index contributed by atoms with van der Waals surface area (Å²) < 4.78 is 11.1. The molecule has 0 N–H and O–H groups in total. The van der Waals surface area contributed by atoms with Gasteiger partial charge in [-0.2, -0.15) is 0 Å². The normalized spacial score (nSPS) is 19.5. The fourth-order valence-corrected chi connectivity index (χ4v) is 2.37. The van der Waals surface area contributed by atoms with Gasteiger partial charge in [0.05, 0.1) is 5.76 Å². The number of ether oxygens (including phenoxy) is 2. The van der Waals surface area contributed by atoms with Gasteiger partial charge in [-0.3, -0.25) is 0 Å². The first kappa shape index (κ1) is 17.6. The van der Waals surface area contributed by atoms with E-state index in [1.165, 1.54) is 0 Å². The Bertz CT molecular complexity index is 382. The molecule has 0 saturated carbocycles. The summed E-state index contributed by atoms with van der Waals surface area (Å²) in [6, 6.07) is 0. The average molecular weight is 295 g/mol. The lowest BCUT2D eigenvalue weighted by Crippen LogP contribution is -2.35. The van der Waals surface area contributed by atoms with Gasteiger partial charge in [0, 0.05) is 19.5 Å². The van der Waals surface area contributed by atoms with Crippen molar-refractivity contribution in [2.24, 2.45) is 5.92 Å². The van der Waals surface area contributed by atoms with Crippen LogP contribution in [0.5, 0.6) is 0 Å². The molecule has 1 fully saturated rings. The van der Waals surface area contributed by atoms with Crippen LogP contribution in [-0.4, -0.2) is 36.3 Å². The molecule has 1 saturated heterocycles. The molecule has 120 valence electrons. The van der Waals surface area contributed by atoms with Gasteiger partial charge >= 0.3 is 6.09 Å². The maximum absolute atomic E-state index is 12.0. The first-order chi connectivity index (χ1) is 9.85. The molecular weight excluding hydrogens is 266 g/mol. The standard InChI is InChI=1S/C17H29NO3/c1-6-8-15(20-11-7-2)12-14-9-10-18(13-14)16(19)21-17(3,4)5/h7-8,14H,2,6,9-13H2,1,3-5H3. The minimum absolute atomic E-state index is 0.210. The summed E-state index contributed by atoms with van der Waals surface area (Å²) in [5, 5.41) is 0. The molecule has 21 heavy (non-hydrogen) atoms. The summed E-state index contributed by atoms with van der Waals surface area (Å²) in [7, 11) is 0. The molecule has 0 aliphatic carbocycles. The largest absolute Gasteiger partial charge is 0.494 e. The summed E-state index contributed by atoms with van der Waals surface area (Å²) in [6.45, 7) is 13.5. The molecule has 4 heteroatoms. The number of nitrogens with zero attached hydrogens (tertiary/aromatic N) is 1. The van der Waals surface area contributed by atoms with Gasteiger partial charge in [-0.1, -0.05) is 19.6 Å². The summed E-state index contributed by atoms with van der Waals surface area (Å²) in [5.74, 6) is 1.45. The Balaban J connectivity index is 2.47. The van der Waals surface area contributed by atoms with Crippen LogP contribution < -0.4 is 0 Å². The van der Waals surface area contributed by atoms with Crippen molar-refractivity contribution in [2.75, 3.05) is 19.7 Å². The molecule has 0 aromatic carbocycles. The molecule has 1 rings (SSSR count). The van der Waals surface area contributed by atoms with Crippen LogP contribution >= 0.6 is 0 Å². The third-order valence-corrected chi connectivity index (χ3v) is 3.25. The van der Waals surface area contributed by atoms with Crippen LogP contribution in [0.15, 0.2) is 24.5 Å². The van der Waals surface area contributed by atoms with E-state index in [1.54, 1.807) is 11.0 Å². The Labute approximate surface area is 128 Å². The number of rotatable bonds is 6. The highest BCUT2D eigenvalue weighted by Gasteiger charge is 2.30. The van der Waals surface area contributed by atoms with Gasteiger partial charge in [0.2, 0.25) is 0 Å². The molecule has 1 aliphatic heterocycles. The molecule has 0 aromatic rings. The minimum Gasteiger partial charge on any atom is -0.494 e. The third-order valence-electron chi connectivity index (χ3n) is 3.25. The van der Waals surface area contributed by atoms with Crippen LogP contribution in [0.1, 0.15) is 47.0 Å². The number of carbonyl (C=O) groups excluding carboxylic acids is 1. The zero-order valence-corrected chi connectivity index (χ0v) is 13.9. The zero-order chi connectivity index (χ0) is 15.9. The van der Waals surface area contributed by atoms with E-state index in [0.29, 0.717) is 12.5 Å². The average Bonchev–Trinajstić information content (AvgIpc) is 2.83. The Morgan fingerprint density at radius 3 is 2.71 bits per heavy atom. The van der Waals surface area contributed by atoms with E-state index >= 15 is 0 Å². The number of amides is 1. The Morgan fingerprint density at radius 2 is 2.14 bits per heavy atom. The topological polar surface area (TPSA) is 38.8 Å². The lowest BCUT2D eigenvalue weighted by atomic mass is 10.0. The lowest BCUT2D eigenvalue weighted by Gasteiger charge is -2.24. The highest BCUT2D eigenvalue weighted by Crippen LogP contribution is 2.25. The molecule has 1 aliphatic rings. The maximum Gasteiger partial charge on any atom is 0.410 e. The predicted octanol–water partition coefficient (Wildman–Crippen LogP) is 4.13. The third kappa shape index (κ3) is 6.69. The SMILES string of the molecule is C=CCOC(=CCC)CC1CCN(C(=O)OC(C)(C)C)C1. The fraction of sp³-hybridized carbons (Fsp3) is 0.706. The lowest BCUT2D eigenvalue weighted by molar-refractivity contribution is 0.0287. The van der Waals surface area contributed by atoms with Crippen molar-refractivity contribution >= 4 is 6.09 Å². The summed E-state index contributed by atoms with van der Waals surface area (Å²) in [6.07, 6.45) is 6.48. The van der Waals surface area contributed by atoms with E-state index in [-0.39, 0.29) is 6.09 Å². The Hall–Kier alpha value is -1.45. The highest BCUT2D eigenvalue weighted by atomic mass is 16.6. The van der Waals surface area contributed by atoms with Crippen LogP contribution in [0.3, 0.4) is 0 Å². The highest BCUT2D eigenvalue weighted by molar-refractivity contribution is 5.68. The number of likely N-dealkylation sites (tertiary alicyclic amines) is 1. The van der Waals surface area contributed by atoms with Crippen molar-refractivity contribution in [2.45, 2.75) is 52.6 Å². The minimum atomic E-state index is -0.435. The van der Waals surface area contributed by atoms with Crippen LogP contribution in [-0.2, 0) is 9.47 Å². The van der Waals surface area contributed by atoms with Crippen LogP contribution in [0.4, 0.5) is 4.79 Å². The first-order valence-corrected chi connectivity index (χ1v) is 7.76. The fourth-order valence-electron chi connectivity index (χ4n) is 2.37. The summed E-state index contributed by atoms with van der Waals surface area (Å²) in [4.78, 5) is 13.8. The van der Waals surface area contributed by atoms with Crippen LogP contribution in [0.25, 0.3) is 0 Å². The molecule has 0 aromatic heterocycles. The molecular formula is C17H29NO3. The van der Waals surface area contributed by atoms with Crippen molar-refractivity contribution in [1.82, 2.24) is 4.90 Å². The van der Waals surface area contributed by atoms with E-state index in [4.69, 9.17) is 9.47 Å². The molecule has 1 unspecified atom stereocenters. The first-order valence-electron chi connectivity index (χ1n) is 7.76. The van der Waals surface area contributed by atoms with Crippen molar-refractivity contribution in [1.29, 1.82) is 0 Å². The van der Waals surface area contributed by atoms with E-state index in [9.17, 15) is 4.79 Å². The number of hydrogen-bond donors (Lipinski definition) is 0. The Kier molecular flexibility index (Phi) is 6.79. The second-order valence-corrected chi connectivity index (χ2v) is 6.46. The van der Waals surface area contributed by atoms with Crippen molar-refractivity contribution in [3.05, 3.63) is 24.5 Å². The van der Waals surface area contributed by atoms with Gasteiger partial charge in [0.1, 0.15) is 12.2 Å². The van der Waals surface area contributed by atoms with E-state index in [0.717, 1.165) is 38.1 Å². The van der Waals surface area contributed by atoms with E-state index < -0.39 is 5.60 Å². The van der Waals surface area contributed by atoms with Gasteiger partial charge in [-0.25, -0.2) is 4.79 Å². The summed E-state index contributed by atoms with van der Waals surface area (Å²) in [5.41, 5.74) is -0.435. The summed E-state index contributed by atoms with van der Waals surface area (Å²) >= 11 is 0. The number of allylic oxidation sites excluding steroid dienone is 2. The molecule has 1 heterocycles. The quantitative estimate of drug-likeness (QED) is 0.546. The van der Waals surface area contributed by atoms with Crippen LogP contribution in [0.2, 0.25) is 0 Å². The van der Waals surface area contributed by atoms with Crippen molar-refractivity contribution < 1.29 is 14.3 Å². The number of carbonyl (C=O) groups is 1. The number of hydrogen-bond acceptors (Lipinski definition) is 3. The van der Waals surface area contributed by atoms with Crippen molar-refractivity contribution in [3.63, 3.8) is 0 Å². The van der Waals surface area contributed by atoms with Crippen LogP contribution in [0, 0.1) is 5.92 Å². The van der Waals surface area contributed by atoms with Gasteiger partial charge in [0.25, 0.3) is 0 Å². The van der Waals surface area contributed by atoms with E-state index in [1.807, 2.05) is 20.8 Å². The van der Waals surface area contributed by atoms with Gasteiger partial charge in [-0.05, 0) is 45.6 Å². The molecule has 1 atom stereocenters.